The van der Waals surface area contributed by atoms with E-state index in [4.69, 9.17) is 18.9 Å². The Labute approximate surface area is 150 Å². The molecule has 2 fully saturated rings. The summed E-state index contributed by atoms with van der Waals surface area (Å²) in [6.45, 7) is 0.431. The number of carbonyl (C=O) groups is 2. The van der Waals surface area contributed by atoms with Crippen LogP contribution in [0.1, 0.15) is 20.7 Å². The molecule has 2 saturated heterocycles. The fourth-order valence-electron chi connectivity index (χ4n) is 3.19. The van der Waals surface area contributed by atoms with Crippen LogP contribution in [0.25, 0.3) is 0 Å². The first-order valence-corrected chi connectivity index (χ1v) is 8.47. The molecule has 6 nitrogen and oxygen atoms in total. The Kier molecular flexibility index (Phi) is 4.69. The van der Waals surface area contributed by atoms with Gasteiger partial charge in [-0.2, -0.15) is 0 Å². The SMILES string of the molecule is O=C(OC1COC2C(OC(=O)c3ccccc3)COC12)c1ccccc1. The van der Waals surface area contributed by atoms with Crippen LogP contribution in [-0.4, -0.2) is 49.6 Å². The van der Waals surface area contributed by atoms with Gasteiger partial charge < -0.3 is 18.9 Å². The van der Waals surface area contributed by atoms with Crippen LogP contribution < -0.4 is 0 Å². The van der Waals surface area contributed by atoms with Crippen molar-refractivity contribution in [1.82, 2.24) is 0 Å². The number of hydrogen-bond acceptors (Lipinski definition) is 6. The van der Waals surface area contributed by atoms with Crippen molar-refractivity contribution in [1.29, 1.82) is 0 Å². The van der Waals surface area contributed by atoms with Crippen molar-refractivity contribution < 1.29 is 28.5 Å². The number of hydrogen-bond donors (Lipinski definition) is 0. The monoisotopic (exact) mass is 354 g/mol. The van der Waals surface area contributed by atoms with E-state index in [0.29, 0.717) is 11.1 Å². The zero-order valence-corrected chi connectivity index (χ0v) is 13.9. The summed E-state index contributed by atoms with van der Waals surface area (Å²) in [6.07, 6.45) is -1.91. The van der Waals surface area contributed by atoms with E-state index in [1.165, 1.54) is 0 Å². The molecule has 0 aliphatic carbocycles. The van der Waals surface area contributed by atoms with Gasteiger partial charge in [-0.25, -0.2) is 9.59 Å². The van der Waals surface area contributed by atoms with Gasteiger partial charge in [0.15, 0.2) is 12.2 Å². The molecule has 26 heavy (non-hydrogen) atoms. The second-order valence-corrected chi connectivity index (χ2v) is 6.22. The smallest absolute Gasteiger partial charge is 0.338 e. The normalized spacial score (nSPS) is 26.9. The number of esters is 2. The lowest BCUT2D eigenvalue weighted by Crippen LogP contribution is -2.36. The van der Waals surface area contributed by atoms with Crippen LogP contribution in [0.4, 0.5) is 0 Å². The summed E-state index contributed by atoms with van der Waals surface area (Å²) >= 11 is 0. The Morgan fingerprint density at radius 3 is 1.46 bits per heavy atom. The minimum atomic E-state index is -0.520. The molecule has 6 heteroatoms. The molecule has 0 spiro atoms. The van der Waals surface area contributed by atoms with Crippen molar-refractivity contribution in [2.75, 3.05) is 13.2 Å². The predicted molar refractivity (Wildman–Crippen MR) is 90.8 cm³/mol. The highest BCUT2D eigenvalue weighted by molar-refractivity contribution is 5.90. The quantitative estimate of drug-likeness (QED) is 0.784. The minimum absolute atomic E-state index is 0.216. The Balaban J connectivity index is 1.37. The van der Waals surface area contributed by atoms with E-state index in [1.54, 1.807) is 48.5 Å². The first kappa shape index (κ1) is 16.8. The van der Waals surface area contributed by atoms with Crippen molar-refractivity contribution in [2.24, 2.45) is 0 Å². The number of fused-ring (bicyclic) bond motifs is 1. The van der Waals surface area contributed by atoms with Crippen molar-refractivity contribution >= 4 is 11.9 Å². The standard InChI is InChI=1S/C20H18O6/c21-19(13-7-3-1-4-8-13)25-15-11-23-18-16(12-24-17(15)18)26-20(22)14-9-5-2-6-10-14/h1-10,15-18H,11-12H2. The molecule has 4 rings (SSSR count). The second kappa shape index (κ2) is 7.27. The average Bonchev–Trinajstić information content (AvgIpc) is 3.27. The number of ether oxygens (including phenoxy) is 4. The Morgan fingerprint density at radius 2 is 1.08 bits per heavy atom. The second-order valence-electron chi connectivity index (χ2n) is 6.22. The maximum atomic E-state index is 12.2. The van der Waals surface area contributed by atoms with Crippen molar-refractivity contribution in [3.8, 4) is 0 Å². The first-order chi connectivity index (χ1) is 12.7. The van der Waals surface area contributed by atoms with Crippen molar-refractivity contribution in [3.63, 3.8) is 0 Å². The van der Waals surface area contributed by atoms with Gasteiger partial charge in [-0.3, -0.25) is 0 Å². The molecule has 4 unspecified atom stereocenters. The zero-order chi connectivity index (χ0) is 17.9. The highest BCUT2D eigenvalue weighted by atomic mass is 16.7. The van der Waals surface area contributed by atoms with Crippen LogP contribution in [-0.2, 0) is 18.9 Å². The Hall–Kier alpha value is -2.70. The maximum absolute atomic E-state index is 12.2. The van der Waals surface area contributed by atoms with Crippen LogP contribution in [0.15, 0.2) is 60.7 Å². The van der Waals surface area contributed by atoms with E-state index in [0.717, 1.165) is 0 Å². The average molecular weight is 354 g/mol. The zero-order valence-electron chi connectivity index (χ0n) is 13.9. The molecule has 0 bridgehead atoms. The Bertz CT molecular complexity index is 708. The van der Waals surface area contributed by atoms with Crippen LogP contribution in [0.3, 0.4) is 0 Å². The fraction of sp³-hybridized carbons (Fsp3) is 0.300. The van der Waals surface area contributed by atoms with E-state index in [-0.39, 0.29) is 13.2 Å². The third-order valence-corrected chi connectivity index (χ3v) is 4.50. The van der Waals surface area contributed by atoms with E-state index in [9.17, 15) is 9.59 Å². The number of carbonyl (C=O) groups excluding carboxylic acids is 2. The third kappa shape index (κ3) is 3.34. The van der Waals surface area contributed by atoms with Crippen LogP contribution >= 0.6 is 0 Å². The molecule has 0 N–H and O–H groups in total. The summed E-state index contributed by atoms with van der Waals surface area (Å²) < 4.78 is 22.4. The molecular weight excluding hydrogens is 336 g/mol. The van der Waals surface area contributed by atoms with Crippen LogP contribution in [0, 0.1) is 0 Å². The van der Waals surface area contributed by atoms with Crippen LogP contribution in [0.2, 0.25) is 0 Å². The van der Waals surface area contributed by atoms with Gasteiger partial charge in [0, 0.05) is 0 Å². The van der Waals surface area contributed by atoms with Gasteiger partial charge in [0.25, 0.3) is 0 Å². The summed E-state index contributed by atoms with van der Waals surface area (Å²) in [7, 11) is 0. The summed E-state index contributed by atoms with van der Waals surface area (Å²) in [5, 5.41) is 0. The van der Waals surface area contributed by atoms with Gasteiger partial charge in [0.05, 0.1) is 24.3 Å². The van der Waals surface area contributed by atoms with E-state index in [2.05, 4.69) is 0 Å². The molecule has 4 atom stereocenters. The van der Waals surface area contributed by atoms with Crippen molar-refractivity contribution in [2.45, 2.75) is 24.4 Å². The molecule has 2 aromatic rings. The van der Waals surface area contributed by atoms with Crippen molar-refractivity contribution in [3.05, 3.63) is 71.8 Å². The lowest BCUT2D eigenvalue weighted by molar-refractivity contribution is -0.0287. The lowest BCUT2D eigenvalue weighted by atomic mass is 10.1. The van der Waals surface area contributed by atoms with Gasteiger partial charge >= 0.3 is 11.9 Å². The molecule has 0 saturated carbocycles. The molecule has 0 amide bonds. The highest BCUT2D eigenvalue weighted by Gasteiger charge is 2.51. The van der Waals surface area contributed by atoms with E-state index >= 15 is 0 Å². The number of rotatable bonds is 4. The van der Waals surface area contributed by atoms with Gasteiger partial charge in [-0.05, 0) is 24.3 Å². The minimum Gasteiger partial charge on any atom is -0.453 e. The van der Waals surface area contributed by atoms with Crippen LogP contribution in [0.5, 0.6) is 0 Å². The molecule has 2 aromatic carbocycles. The molecular formula is C20H18O6. The summed E-state index contributed by atoms with van der Waals surface area (Å²) in [6, 6.07) is 17.5. The maximum Gasteiger partial charge on any atom is 0.338 e. The van der Waals surface area contributed by atoms with Gasteiger partial charge in [0.2, 0.25) is 0 Å². The number of benzene rings is 2. The summed E-state index contributed by atoms with van der Waals surface area (Å²) in [5.74, 6) is -0.846. The summed E-state index contributed by atoms with van der Waals surface area (Å²) in [5.41, 5.74) is 0.946. The molecule has 134 valence electrons. The fourth-order valence-corrected chi connectivity index (χ4v) is 3.19. The first-order valence-electron chi connectivity index (χ1n) is 8.47. The largest absolute Gasteiger partial charge is 0.453 e. The molecule has 2 aliphatic heterocycles. The molecule has 0 aromatic heterocycles. The summed E-state index contributed by atoms with van der Waals surface area (Å²) in [4.78, 5) is 24.4. The lowest BCUT2D eigenvalue weighted by Gasteiger charge is -2.17. The Morgan fingerprint density at radius 1 is 0.692 bits per heavy atom. The van der Waals surface area contributed by atoms with E-state index < -0.39 is 36.4 Å². The predicted octanol–water partition coefficient (Wildman–Crippen LogP) is 2.24. The molecule has 2 aliphatic rings. The van der Waals surface area contributed by atoms with E-state index in [1.807, 2.05) is 12.1 Å². The molecule has 0 radical (unpaired) electrons. The van der Waals surface area contributed by atoms with Gasteiger partial charge in [-0.1, -0.05) is 36.4 Å². The van der Waals surface area contributed by atoms with Gasteiger partial charge in [0.1, 0.15) is 12.2 Å². The molecule has 2 heterocycles. The highest BCUT2D eigenvalue weighted by Crippen LogP contribution is 2.31. The van der Waals surface area contributed by atoms with Gasteiger partial charge in [-0.15, -0.1) is 0 Å². The third-order valence-electron chi connectivity index (χ3n) is 4.50. The topological polar surface area (TPSA) is 71.1 Å².